The molecule has 0 radical (unpaired) electrons. The fourth-order valence-electron chi connectivity index (χ4n) is 3.03. The average Bonchev–Trinajstić information content (AvgIpc) is 2.55. The van der Waals surface area contributed by atoms with E-state index in [0.29, 0.717) is 31.4 Å². The Morgan fingerprint density at radius 3 is 2.42 bits per heavy atom. The van der Waals surface area contributed by atoms with Crippen LogP contribution in [0.3, 0.4) is 0 Å². The summed E-state index contributed by atoms with van der Waals surface area (Å²) in [5.41, 5.74) is 1.62. The molecule has 2 rings (SSSR count). The minimum atomic E-state index is -2.47. The van der Waals surface area contributed by atoms with Gasteiger partial charge >= 0.3 is 12.1 Å². The Labute approximate surface area is 142 Å². The van der Waals surface area contributed by atoms with Crippen LogP contribution in [0.15, 0.2) is 24.3 Å². The normalized spacial score (nSPS) is 20.8. The number of piperidine rings is 1. The maximum absolute atomic E-state index is 11.9. The monoisotopic (exact) mass is 355 g/mol. The van der Waals surface area contributed by atoms with Crippen LogP contribution in [0, 0.1) is 5.92 Å². The van der Waals surface area contributed by atoms with E-state index in [2.05, 4.69) is 0 Å². The predicted octanol–water partition coefficient (Wildman–Crippen LogP) is 1.27. The SMILES string of the molecule is COC(=O)N1CCC(C(=O)O)CC1Cc1ccc(C[SH](=O)=O)cc1. The summed E-state index contributed by atoms with van der Waals surface area (Å²) in [6, 6.07) is 6.84. The molecule has 1 N–H and O–H groups in total. The Hall–Kier alpha value is -2.09. The molecule has 24 heavy (non-hydrogen) atoms. The molecule has 2 unspecified atom stereocenters. The van der Waals surface area contributed by atoms with Gasteiger partial charge in [0.15, 0.2) is 0 Å². The molecule has 1 aromatic rings. The molecule has 1 saturated heterocycles. The van der Waals surface area contributed by atoms with E-state index in [1.54, 1.807) is 17.0 Å². The van der Waals surface area contributed by atoms with E-state index in [4.69, 9.17) is 4.74 Å². The van der Waals surface area contributed by atoms with Gasteiger partial charge in [0.2, 0.25) is 0 Å². The number of benzene rings is 1. The van der Waals surface area contributed by atoms with Crippen molar-refractivity contribution >= 4 is 22.8 Å². The van der Waals surface area contributed by atoms with Crippen molar-refractivity contribution in [2.75, 3.05) is 13.7 Å². The van der Waals surface area contributed by atoms with Gasteiger partial charge in [0.05, 0.1) is 18.8 Å². The molecule has 1 fully saturated rings. The highest BCUT2D eigenvalue weighted by molar-refractivity contribution is 7.71. The third-order valence-electron chi connectivity index (χ3n) is 4.28. The van der Waals surface area contributed by atoms with Gasteiger partial charge in [0.25, 0.3) is 0 Å². The van der Waals surface area contributed by atoms with Crippen LogP contribution >= 0.6 is 0 Å². The van der Waals surface area contributed by atoms with Crippen LogP contribution in [0.1, 0.15) is 24.0 Å². The number of carbonyl (C=O) groups is 2. The number of ether oxygens (including phenoxy) is 1. The van der Waals surface area contributed by atoms with Crippen molar-refractivity contribution in [3.05, 3.63) is 35.4 Å². The van der Waals surface area contributed by atoms with Gasteiger partial charge < -0.3 is 14.7 Å². The number of thiol groups is 1. The van der Waals surface area contributed by atoms with Gasteiger partial charge in [0.1, 0.15) is 10.7 Å². The first-order chi connectivity index (χ1) is 11.4. The van der Waals surface area contributed by atoms with E-state index in [1.165, 1.54) is 7.11 Å². The zero-order valence-corrected chi connectivity index (χ0v) is 14.3. The first-order valence-corrected chi connectivity index (χ1v) is 9.04. The summed E-state index contributed by atoms with van der Waals surface area (Å²) in [5, 5.41) is 9.23. The summed E-state index contributed by atoms with van der Waals surface area (Å²) < 4.78 is 26.3. The van der Waals surface area contributed by atoms with Crippen LogP contribution in [0.2, 0.25) is 0 Å². The number of amides is 1. The van der Waals surface area contributed by atoms with Crippen LogP contribution in [-0.4, -0.2) is 50.2 Å². The van der Waals surface area contributed by atoms with Gasteiger partial charge in [-0.1, -0.05) is 24.3 Å². The molecule has 0 saturated carbocycles. The highest BCUT2D eigenvalue weighted by Crippen LogP contribution is 2.26. The Kier molecular flexibility index (Phi) is 6.19. The molecule has 1 aromatic carbocycles. The molecule has 1 heterocycles. The predicted molar refractivity (Wildman–Crippen MR) is 87.4 cm³/mol. The lowest BCUT2D eigenvalue weighted by atomic mass is 9.88. The van der Waals surface area contributed by atoms with Gasteiger partial charge in [0, 0.05) is 12.6 Å². The topological polar surface area (TPSA) is 101 Å². The molecule has 132 valence electrons. The molecular weight excluding hydrogens is 334 g/mol. The average molecular weight is 355 g/mol. The molecular formula is C16H21NO6S. The molecule has 2 atom stereocenters. The number of aliphatic carboxylic acids is 1. The van der Waals surface area contributed by atoms with Crippen molar-refractivity contribution in [3.8, 4) is 0 Å². The Morgan fingerprint density at radius 2 is 1.88 bits per heavy atom. The Balaban J connectivity index is 2.12. The minimum Gasteiger partial charge on any atom is -0.481 e. The third-order valence-corrected chi connectivity index (χ3v) is 4.90. The fraction of sp³-hybridized carbons (Fsp3) is 0.500. The van der Waals surface area contributed by atoms with Crippen LogP contribution in [0.5, 0.6) is 0 Å². The molecule has 7 nitrogen and oxygen atoms in total. The number of methoxy groups -OCH3 is 1. The molecule has 0 spiro atoms. The van der Waals surface area contributed by atoms with E-state index in [9.17, 15) is 23.1 Å². The van der Waals surface area contributed by atoms with Crippen molar-refractivity contribution in [1.29, 1.82) is 0 Å². The Bertz CT molecular complexity index is 662. The summed E-state index contributed by atoms with van der Waals surface area (Å²) in [4.78, 5) is 24.7. The number of rotatable bonds is 5. The number of nitrogens with zero attached hydrogens (tertiary/aromatic N) is 1. The summed E-state index contributed by atoms with van der Waals surface area (Å²) >= 11 is 0. The fourth-order valence-corrected chi connectivity index (χ4v) is 3.54. The Morgan fingerprint density at radius 1 is 1.25 bits per heavy atom. The van der Waals surface area contributed by atoms with E-state index in [1.807, 2.05) is 12.1 Å². The summed E-state index contributed by atoms with van der Waals surface area (Å²) in [6.45, 7) is 0.350. The second-order valence-electron chi connectivity index (χ2n) is 5.89. The zero-order chi connectivity index (χ0) is 17.7. The molecule has 1 aliphatic heterocycles. The molecule has 0 aliphatic carbocycles. The lowest BCUT2D eigenvalue weighted by Gasteiger charge is -2.37. The van der Waals surface area contributed by atoms with E-state index in [0.717, 1.165) is 5.56 Å². The summed E-state index contributed by atoms with van der Waals surface area (Å²) in [7, 11) is -1.16. The highest BCUT2D eigenvalue weighted by atomic mass is 32.2. The summed E-state index contributed by atoms with van der Waals surface area (Å²) in [5.74, 6) is -1.33. The van der Waals surface area contributed by atoms with Crippen molar-refractivity contribution in [3.63, 3.8) is 0 Å². The van der Waals surface area contributed by atoms with Gasteiger partial charge in [-0.25, -0.2) is 13.2 Å². The number of carboxylic acid groups (broad SMARTS) is 1. The van der Waals surface area contributed by atoms with E-state index < -0.39 is 28.7 Å². The van der Waals surface area contributed by atoms with Crippen molar-refractivity contribution < 1.29 is 27.9 Å². The molecule has 0 aromatic heterocycles. The second kappa shape index (κ2) is 8.14. The molecule has 1 amide bonds. The highest BCUT2D eigenvalue weighted by Gasteiger charge is 2.35. The van der Waals surface area contributed by atoms with Crippen LogP contribution in [0.25, 0.3) is 0 Å². The van der Waals surface area contributed by atoms with Crippen LogP contribution < -0.4 is 0 Å². The van der Waals surface area contributed by atoms with E-state index >= 15 is 0 Å². The molecule has 1 aliphatic rings. The van der Waals surface area contributed by atoms with Crippen molar-refractivity contribution in [1.82, 2.24) is 4.90 Å². The number of carboxylic acids is 1. The van der Waals surface area contributed by atoms with Gasteiger partial charge in [-0.3, -0.25) is 4.79 Å². The largest absolute Gasteiger partial charge is 0.481 e. The van der Waals surface area contributed by atoms with Crippen LogP contribution in [0.4, 0.5) is 4.79 Å². The first kappa shape index (κ1) is 18.3. The molecule has 0 bridgehead atoms. The van der Waals surface area contributed by atoms with Crippen molar-refractivity contribution in [2.45, 2.75) is 31.1 Å². The van der Waals surface area contributed by atoms with Gasteiger partial charge in [-0.2, -0.15) is 0 Å². The molecule has 8 heteroatoms. The summed E-state index contributed by atoms with van der Waals surface area (Å²) in [6.07, 6.45) is 0.835. The van der Waals surface area contributed by atoms with E-state index in [-0.39, 0.29) is 11.8 Å². The number of hydrogen-bond donors (Lipinski definition) is 2. The third kappa shape index (κ3) is 4.70. The number of likely N-dealkylation sites (tertiary alicyclic amines) is 1. The maximum Gasteiger partial charge on any atom is 0.409 e. The lowest BCUT2D eigenvalue weighted by molar-refractivity contribution is -0.144. The minimum absolute atomic E-state index is 0.00554. The number of hydrogen-bond acceptors (Lipinski definition) is 5. The maximum atomic E-state index is 11.9. The lowest BCUT2D eigenvalue weighted by Crippen LogP contribution is -2.48. The smallest absolute Gasteiger partial charge is 0.409 e. The van der Waals surface area contributed by atoms with Gasteiger partial charge in [-0.15, -0.1) is 0 Å². The zero-order valence-electron chi connectivity index (χ0n) is 13.4. The van der Waals surface area contributed by atoms with Gasteiger partial charge in [-0.05, 0) is 30.4 Å². The quantitative estimate of drug-likeness (QED) is 0.772. The second-order valence-corrected chi connectivity index (χ2v) is 6.87. The van der Waals surface area contributed by atoms with Crippen molar-refractivity contribution in [2.24, 2.45) is 5.92 Å². The van der Waals surface area contributed by atoms with Crippen LogP contribution in [-0.2, 0) is 32.4 Å². The first-order valence-electron chi connectivity index (χ1n) is 7.67. The standard InChI is InChI=1S/C16H21NO6S/c1-23-16(20)17-7-6-13(15(18)19)9-14(17)8-11-2-4-12(5-3-11)10-24(21)22/h2-5,13-14,24H,6-10H2,1H3,(H,18,19). The number of carbonyl (C=O) groups excluding carboxylic acids is 1.